The molecule has 0 atom stereocenters. The second-order valence-electron chi connectivity index (χ2n) is 2.28. The molecule has 0 aliphatic carbocycles. The van der Waals surface area contributed by atoms with Gasteiger partial charge < -0.3 is 15.9 Å². The van der Waals surface area contributed by atoms with Gasteiger partial charge in [-0.3, -0.25) is 4.79 Å². The van der Waals surface area contributed by atoms with E-state index in [2.05, 4.69) is 15.9 Å². The molecule has 0 aromatic heterocycles. The Morgan fingerprint density at radius 2 is 2.00 bits per heavy atom. The molecule has 0 heterocycles. The first kappa shape index (κ1) is 9.79. The zero-order valence-electron chi connectivity index (χ0n) is 6.21. The molecular weight excluding hydrogens is 245 g/mol. The van der Waals surface area contributed by atoms with Gasteiger partial charge in [-0.1, -0.05) is 0 Å². The Kier molecular flexibility index (Phi) is 2.42. The third kappa shape index (κ3) is 1.57. The lowest BCUT2D eigenvalue weighted by molar-refractivity contribution is 0.0996. The maximum absolute atomic E-state index is 12.7. The van der Waals surface area contributed by atoms with Crippen molar-refractivity contribution >= 4 is 21.8 Å². The standard InChI is InChI=1S/C7H5BrFNO3/c8-2-1-3(9)5(11)6(12)4(2)7(10)13/h1,11-12H,(H2,10,13). The van der Waals surface area contributed by atoms with E-state index in [0.717, 1.165) is 6.07 Å². The third-order valence-electron chi connectivity index (χ3n) is 1.43. The number of phenolic OH excluding ortho intramolecular Hbond substituents is 1. The van der Waals surface area contributed by atoms with E-state index in [1.807, 2.05) is 0 Å². The van der Waals surface area contributed by atoms with Gasteiger partial charge in [-0.25, -0.2) is 4.39 Å². The van der Waals surface area contributed by atoms with E-state index in [1.54, 1.807) is 0 Å². The molecule has 6 heteroatoms. The summed E-state index contributed by atoms with van der Waals surface area (Å²) < 4.78 is 12.7. The predicted octanol–water partition coefficient (Wildman–Crippen LogP) is 1.10. The number of carbonyl (C=O) groups excluding carboxylic acids is 1. The molecule has 0 fully saturated rings. The van der Waals surface area contributed by atoms with E-state index < -0.39 is 23.2 Å². The van der Waals surface area contributed by atoms with Gasteiger partial charge in [0.1, 0.15) is 0 Å². The number of carbonyl (C=O) groups is 1. The summed E-state index contributed by atoms with van der Waals surface area (Å²) in [5.74, 6) is -3.84. The Bertz CT molecular complexity index is 380. The topological polar surface area (TPSA) is 83.6 Å². The van der Waals surface area contributed by atoms with Crippen LogP contribution >= 0.6 is 15.9 Å². The van der Waals surface area contributed by atoms with Crippen LogP contribution in [0.4, 0.5) is 4.39 Å². The molecule has 70 valence electrons. The number of aromatic hydroxyl groups is 2. The van der Waals surface area contributed by atoms with Crippen LogP contribution in [0.25, 0.3) is 0 Å². The fourth-order valence-corrected chi connectivity index (χ4v) is 1.41. The first-order valence-corrected chi connectivity index (χ1v) is 3.94. The van der Waals surface area contributed by atoms with Crippen LogP contribution in [0.15, 0.2) is 10.5 Å². The summed E-state index contributed by atoms with van der Waals surface area (Å²) in [6.07, 6.45) is 0. The van der Waals surface area contributed by atoms with Crippen LogP contribution in [-0.4, -0.2) is 16.1 Å². The Labute approximate surface area is 80.9 Å². The summed E-state index contributed by atoms with van der Waals surface area (Å²) in [7, 11) is 0. The fourth-order valence-electron chi connectivity index (χ4n) is 0.831. The quantitative estimate of drug-likeness (QED) is 0.652. The number of rotatable bonds is 1. The number of hydrogen-bond donors (Lipinski definition) is 3. The molecule has 0 radical (unpaired) electrons. The molecule has 1 rings (SSSR count). The van der Waals surface area contributed by atoms with Gasteiger partial charge in [0.05, 0.1) is 5.56 Å². The molecule has 4 nitrogen and oxygen atoms in total. The Morgan fingerprint density at radius 3 is 2.46 bits per heavy atom. The lowest BCUT2D eigenvalue weighted by Crippen LogP contribution is -2.12. The van der Waals surface area contributed by atoms with Crippen molar-refractivity contribution in [2.24, 2.45) is 5.73 Å². The van der Waals surface area contributed by atoms with Gasteiger partial charge in [0.25, 0.3) is 5.91 Å². The maximum Gasteiger partial charge on any atom is 0.253 e. The van der Waals surface area contributed by atoms with Crippen LogP contribution in [0.1, 0.15) is 10.4 Å². The highest BCUT2D eigenvalue weighted by Crippen LogP contribution is 2.36. The van der Waals surface area contributed by atoms with Gasteiger partial charge in [0.2, 0.25) is 0 Å². The Hall–Kier alpha value is -1.30. The lowest BCUT2D eigenvalue weighted by atomic mass is 10.1. The highest BCUT2D eigenvalue weighted by molar-refractivity contribution is 9.10. The fraction of sp³-hybridized carbons (Fsp3) is 0. The zero-order valence-corrected chi connectivity index (χ0v) is 7.80. The van der Waals surface area contributed by atoms with Gasteiger partial charge in [-0.15, -0.1) is 0 Å². The molecule has 0 spiro atoms. The van der Waals surface area contributed by atoms with Gasteiger partial charge in [0, 0.05) is 4.47 Å². The van der Waals surface area contributed by atoms with Crippen molar-refractivity contribution in [3.05, 3.63) is 21.9 Å². The van der Waals surface area contributed by atoms with Crippen molar-refractivity contribution in [1.29, 1.82) is 0 Å². The minimum absolute atomic E-state index is 0.00667. The zero-order chi connectivity index (χ0) is 10.2. The first-order valence-electron chi connectivity index (χ1n) is 3.15. The van der Waals surface area contributed by atoms with Gasteiger partial charge in [-0.2, -0.15) is 0 Å². The SMILES string of the molecule is NC(=O)c1c(Br)cc(F)c(O)c1O. The monoisotopic (exact) mass is 249 g/mol. The Morgan fingerprint density at radius 1 is 1.46 bits per heavy atom. The third-order valence-corrected chi connectivity index (χ3v) is 2.05. The second-order valence-corrected chi connectivity index (χ2v) is 3.13. The first-order chi connectivity index (χ1) is 5.95. The number of amides is 1. The lowest BCUT2D eigenvalue weighted by Gasteiger charge is -2.05. The van der Waals surface area contributed by atoms with Crippen LogP contribution in [0, 0.1) is 5.82 Å². The van der Waals surface area contributed by atoms with E-state index >= 15 is 0 Å². The minimum Gasteiger partial charge on any atom is -0.504 e. The number of hydrogen-bond acceptors (Lipinski definition) is 3. The number of benzene rings is 1. The molecule has 0 saturated carbocycles. The maximum atomic E-state index is 12.7. The minimum atomic E-state index is -1.03. The smallest absolute Gasteiger partial charge is 0.253 e. The summed E-state index contributed by atoms with van der Waals surface area (Å²) in [6.45, 7) is 0. The average molecular weight is 250 g/mol. The van der Waals surface area contributed by atoms with Crippen molar-refractivity contribution in [3.63, 3.8) is 0 Å². The molecule has 0 bridgehead atoms. The normalized spacial score (nSPS) is 10.0. The molecule has 4 N–H and O–H groups in total. The number of primary amides is 1. The van der Waals surface area contributed by atoms with E-state index in [4.69, 9.17) is 15.9 Å². The summed E-state index contributed by atoms with van der Waals surface area (Å²) in [5, 5.41) is 18.0. The van der Waals surface area contributed by atoms with Crippen molar-refractivity contribution in [2.75, 3.05) is 0 Å². The highest BCUT2D eigenvalue weighted by Gasteiger charge is 2.19. The molecule has 0 aliphatic rings. The van der Waals surface area contributed by atoms with Crippen molar-refractivity contribution < 1.29 is 19.4 Å². The molecule has 0 aliphatic heterocycles. The molecule has 13 heavy (non-hydrogen) atoms. The predicted molar refractivity (Wildman–Crippen MR) is 45.9 cm³/mol. The van der Waals surface area contributed by atoms with Crippen molar-refractivity contribution in [1.82, 2.24) is 0 Å². The second kappa shape index (κ2) is 3.21. The molecule has 0 saturated heterocycles. The van der Waals surface area contributed by atoms with Crippen molar-refractivity contribution in [2.45, 2.75) is 0 Å². The average Bonchev–Trinajstić information content (AvgIpc) is 1.99. The van der Waals surface area contributed by atoms with E-state index in [9.17, 15) is 9.18 Å². The van der Waals surface area contributed by atoms with Gasteiger partial charge in [-0.05, 0) is 22.0 Å². The number of nitrogens with two attached hydrogens (primary N) is 1. The molecule has 1 aromatic rings. The largest absolute Gasteiger partial charge is 0.504 e. The van der Waals surface area contributed by atoms with Crippen LogP contribution in [0.2, 0.25) is 0 Å². The van der Waals surface area contributed by atoms with Crippen LogP contribution in [0.3, 0.4) is 0 Å². The van der Waals surface area contributed by atoms with E-state index in [0.29, 0.717) is 0 Å². The van der Waals surface area contributed by atoms with Crippen LogP contribution < -0.4 is 5.73 Å². The van der Waals surface area contributed by atoms with Gasteiger partial charge in [0.15, 0.2) is 17.3 Å². The molecular formula is C7H5BrFNO3. The van der Waals surface area contributed by atoms with Crippen molar-refractivity contribution in [3.8, 4) is 11.5 Å². The van der Waals surface area contributed by atoms with E-state index in [1.165, 1.54) is 0 Å². The number of phenols is 2. The Balaban J connectivity index is 3.53. The highest BCUT2D eigenvalue weighted by atomic mass is 79.9. The summed E-state index contributed by atoms with van der Waals surface area (Å²) in [6, 6.07) is 0.842. The van der Waals surface area contributed by atoms with Gasteiger partial charge >= 0.3 is 0 Å². The summed E-state index contributed by atoms with van der Waals surface area (Å²) in [5.41, 5.74) is 4.52. The van der Waals surface area contributed by atoms with E-state index in [-0.39, 0.29) is 10.0 Å². The van der Waals surface area contributed by atoms with Crippen LogP contribution in [0.5, 0.6) is 11.5 Å². The number of halogens is 2. The summed E-state index contributed by atoms with van der Waals surface area (Å²) in [4.78, 5) is 10.7. The molecule has 1 aromatic carbocycles. The molecule has 0 unspecified atom stereocenters. The van der Waals surface area contributed by atoms with Crippen LogP contribution in [-0.2, 0) is 0 Å². The summed E-state index contributed by atoms with van der Waals surface area (Å²) >= 11 is 2.82. The molecule has 1 amide bonds.